The summed E-state index contributed by atoms with van der Waals surface area (Å²) in [7, 11) is 0. The second kappa shape index (κ2) is 7.91. The highest BCUT2D eigenvalue weighted by atomic mass is 19.1. The van der Waals surface area contributed by atoms with E-state index in [1.807, 2.05) is 31.2 Å². The maximum Gasteiger partial charge on any atom is 0.278 e. The fourth-order valence-electron chi connectivity index (χ4n) is 3.31. The molecule has 1 heterocycles. The lowest BCUT2D eigenvalue weighted by atomic mass is 10.0. The van der Waals surface area contributed by atoms with E-state index in [1.54, 1.807) is 6.07 Å². The lowest BCUT2D eigenvalue weighted by Gasteiger charge is -2.15. The van der Waals surface area contributed by atoms with Crippen molar-refractivity contribution in [2.45, 2.75) is 13.5 Å². The summed E-state index contributed by atoms with van der Waals surface area (Å²) in [5.74, 6) is -1.94. The number of halogens is 2. The number of aryl methyl sites for hydroxylation is 1. The summed E-state index contributed by atoms with van der Waals surface area (Å²) >= 11 is 0. The van der Waals surface area contributed by atoms with Crippen molar-refractivity contribution in [3.63, 3.8) is 0 Å². The van der Waals surface area contributed by atoms with Gasteiger partial charge >= 0.3 is 0 Å². The van der Waals surface area contributed by atoms with Crippen LogP contribution in [0.25, 0.3) is 5.57 Å². The fraction of sp³-hybridized carbons (Fsp3) is 0.0833. The van der Waals surface area contributed by atoms with E-state index >= 15 is 0 Å². The molecule has 30 heavy (non-hydrogen) atoms. The van der Waals surface area contributed by atoms with Crippen LogP contribution >= 0.6 is 0 Å². The molecule has 0 bridgehead atoms. The Morgan fingerprint density at radius 2 is 1.53 bits per heavy atom. The Morgan fingerprint density at radius 3 is 2.20 bits per heavy atom. The fourth-order valence-corrected chi connectivity index (χ4v) is 3.31. The number of carbonyl (C=O) groups is 2. The summed E-state index contributed by atoms with van der Waals surface area (Å²) in [6, 6.07) is 18.5. The number of benzene rings is 3. The van der Waals surface area contributed by atoms with E-state index in [9.17, 15) is 18.4 Å². The molecule has 0 spiro atoms. The number of nitrogens with zero attached hydrogens (tertiary/aromatic N) is 1. The molecule has 3 aromatic carbocycles. The zero-order chi connectivity index (χ0) is 21.3. The molecule has 3 aromatic rings. The van der Waals surface area contributed by atoms with Crippen molar-refractivity contribution in [2.75, 3.05) is 5.32 Å². The predicted molar refractivity (Wildman–Crippen MR) is 110 cm³/mol. The Morgan fingerprint density at radius 1 is 0.833 bits per heavy atom. The van der Waals surface area contributed by atoms with Gasteiger partial charge in [0.25, 0.3) is 11.8 Å². The van der Waals surface area contributed by atoms with Crippen molar-refractivity contribution in [1.82, 2.24) is 4.90 Å². The Bertz CT molecular complexity index is 1150. The molecule has 0 aliphatic carbocycles. The summed E-state index contributed by atoms with van der Waals surface area (Å²) < 4.78 is 27.0. The number of rotatable bonds is 5. The van der Waals surface area contributed by atoms with Crippen molar-refractivity contribution in [1.29, 1.82) is 0 Å². The molecule has 4 rings (SSSR count). The normalized spacial score (nSPS) is 13.9. The lowest BCUT2D eigenvalue weighted by molar-refractivity contribution is -0.137. The van der Waals surface area contributed by atoms with Crippen LogP contribution in [-0.4, -0.2) is 16.7 Å². The Labute approximate surface area is 172 Å². The average Bonchev–Trinajstić information content (AvgIpc) is 2.95. The third kappa shape index (κ3) is 3.85. The van der Waals surface area contributed by atoms with Crippen LogP contribution < -0.4 is 5.32 Å². The predicted octanol–water partition coefficient (Wildman–Crippen LogP) is 4.67. The standard InChI is InChI=1S/C24H18F2N2O2/c1-15-5-7-16(8-6-15)14-28-23(29)21(17-9-11-18(25)12-10-17)22(24(28)30)27-20-4-2-3-19(26)13-20/h2-13,27H,14H2,1H3. The molecule has 1 N–H and O–H groups in total. The molecule has 0 aromatic heterocycles. The van der Waals surface area contributed by atoms with Crippen molar-refractivity contribution in [3.8, 4) is 0 Å². The molecule has 0 fully saturated rings. The molecule has 1 aliphatic heterocycles. The van der Waals surface area contributed by atoms with Crippen molar-refractivity contribution in [2.24, 2.45) is 0 Å². The van der Waals surface area contributed by atoms with Crippen LogP contribution in [0.4, 0.5) is 14.5 Å². The molecular formula is C24H18F2N2O2. The quantitative estimate of drug-likeness (QED) is 0.629. The molecule has 0 saturated heterocycles. The molecular weight excluding hydrogens is 386 g/mol. The van der Waals surface area contributed by atoms with E-state index in [4.69, 9.17) is 0 Å². The first-order valence-electron chi connectivity index (χ1n) is 9.37. The largest absolute Gasteiger partial charge is 0.350 e. The van der Waals surface area contributed by atoms with E-state index < -0.39 is 23.4 Å². The number of carbonyl (C=O) groups excluding carboxylic acids is 2. The first-order chi connectivity index (χ1) is 14.4. The molecule has 0 atom stereocenters. The summed E-state index contributed by atoms with van der Waals surface area (Å²) in [5.41, 5.74) is 2.76. The SMILES string of the molecule is Cc1ccc(CN2C(=O)C(Nc3cccc(F)c3)=C(c3ccc(F)cc3)C2=O)cc1. The number of imide groups is 1. The van der Waals surface area contributed by atoms with Gasteiger partial charge in [-0.3, -0.25) is 14.5 Å². The molecule has 1 aliphatic rings. The zero-order valence-electron chi connectivity index (χ0n) is 16.2. The van der Waals surface area contributed by atoms with Crippen LogP contribution in [0.5, 0.6) is 0 Å². The Hall–Kier alpha value is -3.80. The van der Waals surface area contributed by atoms with E-state index in [-0.39, 0.29) is 17.8 Å². The molecule has 0 saturated carbocycles. The number of amides is 2. The van der Waals surface area contributed by atoms with Gasteiger partial charge in [0.2, 0.25) is 0 Å². The third-order valence-electron chi connectivity index (χ3n) is 4.86. The maximum atomic E-state index is 13.6. The second-order valence-corrected chi connectivity index (χ2v) is 7.07. The second-order valence-electron chi connectivity index (χ2n) is 7.07. The minimum absolute atomic E-state index is 0.0318. The van der Waals surface area contributed by atoms with Crippen molar-refractivity contribution >= 4 is 23.1 Å². The van der Waals surface area contributed by atoms with E-state index in [0.717, 1.165) is 16.0 Å². The lowest BCUT2D eigenvalue weighted by Crippen LogP contribution is -2.32. The smallest absolute Gasteiger partial charge is 0.278 e. The highest BCUT2D eigenvalue weighted by molar-refractivity contribution is 6.36. The van der Waals surface area contributed by atoms with E-state index in [1.165, 1.54) is 42.5 Å². The molecule has 0 radical (unpaired) electrons. The van der Waals surface area contributed by atoms with Crippen molar-refractivity contribution < 1.29 is 18.4 Å². The highest BCUT2D eigenvalue weighted by Crippen LogP contribution is 2.31. The number of hydrogen-bond donors (Lipinski definition) is 1. The summed E-state index contributed by atoms with van der Waals surface area (Å²) in [6.45, 7) is 2.04. The molecule has 2 amide bonds. The average molecular weight is 404 g/mol. The first-order valence-corrected chi connectivity index (χ1v) is 9.37. The van der Waals surface area contributed by atoms with Gasteiger partial charge in [-0.05, 0) is 48.4 Å². The van der Waals surface area contributed by atoms with Gasteiger partial charge in [-0.15, -0.1) is 0 Å². The van der Waals surface area contributed by atoms with Crippen LogP contribution in [-0.2, 0) is 16.1 Å². The van der Waals surface area contributed by atoms with Gasteiger partial charge in [-0.1, -0.05) is 48.0 Å². The molecule has 6 heteroatoms. The number of anilines is 1. The molecule has 0 unspecified atom stereocenters. The van der Waals surface area contributed by atoms with Crippen LogP contribution in [0.15, 0.2) is 78.5 Å². The van der Waals surface area contributed by atoms with Crippen LogP contribution in [0, 0.1) is 18.6 Å². The minimum atomic E-state index is -0.524. The topological polar surface area (TPSA) is 49.4 Å². The van der Waals surface area contributed by atoms with Gasteiger partial charge in [0.15, 0.2) is 0 Å². The first kappa shape index (κ1) is 19.5. The number of nitrogens with one attached hydrogen (secondary N) is 1. The Balaban J connectivity index is 1.73. The summed E-state index contributed by atoms with van der Waals surface area (Å²) in [6.07, 6.45) is 0. The van der Waals surface area contributed by atoms with Crippen LogP contribution in [0.1, 0.15) is 16.7 Å². The molecule has 150 valence electrons. The highest BCUT2D eigenvalue weighted by Gasteiger charge is 2.39. The van der Waals surface area contributed by atoms with E-state index in [2.05, 4.69) is 5.32 Å². The van der Waals surface area contributed by atoms with Crippen LogP contribution in [0.2, 0.25) is 0 Å². The summed E-state index contributed by atoms with van der Waals surface area (Å²) in [4.78, 5) is 27.5. The van der Waals surface area contributed by atoms with Gasteiger partial charge in [-0.2, -0.15) is 0 Å². The van der Waals surface area contributed by atoms with Gasteiger partial charge in [0.05, 0.1) is 12.1 Å². The maximum absolute atomic E-state index is 13.6. The van der Waals surface area contributed by atoms with Crippen LogP contribution in [0.3, 0.4) is 0 Å². The van der Waals surface area contributed by atoms with Gasteiger partial charge in [0.1, 0.15) is 17.3 Å². The Kier molecular flexibility index (Phi) is 5.14. The zero-order valence-corrected chi connectivity index (χ0v) is 16.2. The summed E-state index contributed by atoms with van der Waals surface area (Å²) in [5, 5.41) is 2.88. The minimum Gasteiger partial charge on any atom is -0.350 e. The van der Waals surface area contributed by atoms with Gasteiger partial charge in [0, 0.05) is 5.69 Å². The monoisotopic (exact) mass is 404 g/mol. The van der Waals surface area contributed by atoms with Gasteiger partial charge in [-0.25, -0.2) is 8.78 Å². The third-order valence-corrected chi connectivity index (χ3v) is 4.86. The molecule has 4 nitrogen and oxygen atoms in total. The van der Waals surface area contributed by atoms with E-state index in [0.29, 0.717) is 11.3 Å². The van der Waals surface area contributed by atoms with Gasteiger partial charge < -0.3 is 5.32 Å². The number of hydrogen-bond acceptors (Lipinski definition) is 3. The van der Waals surface area contributed by atoms with Crippen molar-refractivity contribution in [3.05, 3.63) is 107 Å².